The van der Waals surface area contributed by atoms with Crippen LogP contribution in [0.15, 0.2) is 18.2 Å². The van der Waals surface area contributed by atoms with E-state index in [0.717, 1.165) is 24.8 Å². The van der Waals surface area contributed by atoms with E-state index in [1.165, 1.54) is 0 Å². The second-order valence-corrected chi connectivity index (χ2v) is 3.92. The maximum atomic E-state index is 9.09. The summed E-state index contributed by atoms with van der Waals surface area (Å²) < 4.78 is 0. The fourth-order valence-electron chi connectivity index (χ4n) is 2.01. The van der Waals surface area contributed by atoms with Crippen molar-refractivity contribution in [2.24, 2.45) is 0 Å². The van der Waals surface area contributed by atoms with Crippen molar-refractivity contribution in [2.45, 2.75) is 39.0 Å². The SMILES string of the molecule is CCCC(CC)c1ccc(C#N)cc1C#N. The summed E-state index contributed by atoms with van der Waals surface area (Å²) in [4.78, 5) is 0. The van der Waals surface area contributed by atoms with Crippen LogP contribution in [0.2, 0.25) is 0 Å². The smallest absolute Gasteiger partial charge is 0.0995 e. The summed E-state index contributed by atoms with van der Waals surface area (Å²) in [6, 6.07) is 9.68. The van der Waals surface area contributed by atoms with E-state index >= 15 is 0 Å². The van der Waals surface area contributed by atoms with Gasteiger partial charge in [-0.3, -0.25) is 0 Å². The van der Waals surface area contributed by atoms with E-state index in [1.807, 2.05) is 6.07 Å². The van der Waals surface area contributed by atoms with Gasteiger partial charge in [0.2, 0.25) is 0 Å². The van der Waals surface area contributed by atoms with Crippen molar-refractivity contribution >= 4 is 0 Å². The largest absolute Gasteiger partial charge is 0.192 e. The molecular formula is C14H16N2. The van der Waals surface area contributed by atoms with Crippen LogP contribution in [-0.4, -0.2) is 0 Å². The van der Waals surface area contributed by atoms with Gasteiger partial charge in [-0.05, 0) is 36.5 Å². The molecule has 0 saturated carbocycles. The lowest BCUT2D eigenvalue weighted by molar-refractivity contribution is 0.595. The van der Waals surface area contributed by atoms with Crippen LogP contribution in [0, 0.1) is 22.7 Å². The molecule has 0 amide bonds. The van der Waals surface area contributed by atoms with Gasteiger partial charge in [-0.2, -0.15) is 10.5 Å². The third kappa shape index (κ3) is 2.61. The number of nitriles is 2. The molecule has 1 atom stereocenters. The van der Waals surface area contributed by atoms with Crippen molar-refractivity contribution in [3.63, 3.8) is 0 Å². The van der Waals surface area contributed by atoms with Gasteiger partial charge in [-0.15, -0.1) is 0 Å². The number of nitrogens with zero attached hydrogens (tertiary/aromatic N) is 2. The molecule has 0 aromatic heterocycles. The van der Waals surface area contributed by atoms with Gasteiger partial charge in [0.05, 0.1) is 23.3 Å². The van der Waals surface area contributed by atoms with E-state index in [2.05, 4.69) is 26.0 Å². The molecule has 16 heavy (non-hydrogen) atoms. The zero-order chi connectivity index (χ0) is 12.0. The highest BCUT2D eigenvalue weighted by Gasteiger charge is 2.13. The molecule has 2 nitrogen and oxygen atoms in total. The second kappa shape index (κ2) is 5.93. The Balaban J connectivity index is 3.13. The van der Waals surface area contributed by atoms with Gasteiger partial charge in [0, 0.05) is 0 Å². The fraction of sp³-hybridized carbons (Fsp3) is 0.429. The highest BCUT2D eigenvalue weighted by atomic mass is 14.3. The molecule has 1 aromatic rings. The molecule has 82 valence electrons. The van der Waals surface area contributed by atoms with Crippen LogP contribution in [0.3, 0.4) is 0 Å². The third-order valence-corrected chi connectivity index (χ3v) is 2.87. The van der Waals surface area contributed by atoms with Gasteiger partial charge in [0.15, 0.2) is 0 Å². The predicted octanol–water partition coefficient (Wildman–Crippen LogP) is 3.72. The van der Waals surface area contributed by atoms with Crippen molar-refractivity contribution in [1.82, 2.24) is 0 Å². The maximum Gasteiger partial charge on any atom is 0.0995 e. The zero-order valence-corrected chi connectivity index (χ0v) is 9.83. The third-order valence-electron chi connectivity index (χ3n) is 2.87. The molecule has 0 aliphatic heterocycles. The average molecular weight is 212 g/mol. The van der Waals surface area contributed by atoms with Crippen LogP contribution in [0.25, 0.3) is 0 Å². The normalized spacial score (nSPS) is 11.5. The first-order chi connectivity index (χ1) is 7.76. The van der Waals surface area contributed by atoms with E-state index in [-0.39, 0.29) is 0 Å². The Bertz CT molecular complexity index is 435. The monoisotopic (exact) mass is 212 g/mol. The Kier molecular flexibility index (Phi) is 4.55. The number of hydrogen-bond acceptors (Lipinski definition) is 2. The maximum absolute atomic E-state index is 9.09. The minimum Gasteiger partial charge on any atom is -0.192 e. The summed E-state index contributed by atoms with van der Waals surface area (Å²) in [5.74, 6) is 0.437. The van der Waals surface area contributed by atoms with E-state index in [0.29, 0.717) is 17.0 Å². The number of hydrogen-bond donors (Lipinski definition) is 0. The lowest BCUT2D eigenvalue weighted by Crippen LogP contribution is -2.00. The summed E-state index contributed by atoms with van der Waals surface area (Å²) >= 11 is 0. The second-order valence-electron chi connectivity index (χ2n) is 3.92. The number of rotatable bonds is 4. The zero-order valence-electron chi connectivity index (χ0n) is 9.83. The van der Waals surface area contributed by atoms with Crippen LogP contribution in [-0.2, 0) is 0 Å². The summed E-state index contributed by atoms with van der Waals surface area (Å²) in [5.41, 5.74) is 2.30. The summed E-state index contributed by atoms with van der Waals surface area (Å²) in [6.07, 6.45) is 3.24. The molecular weight excluding hydrogens is 196 g/mol. The molecule has 0 bridgehead atoms. The van der Waals surface area contributed by atoms with Gasteiger partial charge >= 0.3 is 0 Å². The molecule has 0 radical (unpaired) electrons. The number of benzene rings is 1. The molecule has 0 N–H and O–H groups in total. The van der Waals surface area contributed by atoms with Crippen LogP contribution in [0.4, 0.5) is 0 Å². The topological polar surface area (TPSA) is 47.6 Å². The van der Waals surface area contributed by atoms with E-state index in [9.17, 15) is 0 Å². The van der Waals surface area contributed by atoms with Crippen molar-refractivity contribution in [3.8, 4) is 12.1 Å². The molecule has 0 saturated heterocycles. The Hall–Kier alpha value is -1.80. The Morgan fingerprint density at radius 3 is 2.44 bits per heavy atom. The van der Waals surface area contributed by atoms with Gasteiger partial charge in [0.25, 0.3) is 0 Å². The van der Waals surface area contributed by atoms with Crippen molar-refractivity contribution in [1.29, 1.82) is 10.5 Å². The molecule has 1 unspecified atom stereocenters. The molecule has 1 aromatic carbocycles. The van der Waals surface area contributed by atoms with Gasteiger partial charge in [-0.25, -0.2) is 0 Å². The highest BCUT2D eigenvalue weighted by Crippen LogP contribution is 2.27. The minimum atomic E-state index is 0.437. The first-order valence-corrected chi connectivity index (χ1v) is 5.70. The van der Waals surface area contributed by atoms with Crippen LogP contribution < -0.4 is 0 Å². The minimum absolute atomic E-state index is 0.437. The lowest BCUT2D eigenvalue weighted by Gasteiger charge is -2.15. The summed E-state index contributed by atoms with van der Waals surface area (Å²) in [6.45, 7) is 4.29. The predicted molar refractivity (Wildman–Crippen MR) is 63.8 cm³/mol. The van der Waals surface area contributed by atoms with E-state index < -0.39 is 0 Å². The van der Waals surface area contributed by atoms with Crippen molar-refractivity contribution < 1.29 is 0 Å². The molecule has 0 aliphatic carbocycles. The Morgan fingerprint density at radius 2 is 1.94 bits per heavy atom. The van der Waals surface area contributed by atoms with Crippen molar-refractivity contribution in [3.05, 3.63) is 34.9 Å². The van der Waals surface area contributed by atoms with E-state index in [4.69, 9.17) is 10.5 Å². The summed E-state index contributed by atoms with van der Waals surface area (Å²) in [7, 11) is 0. The molecule has 2 heteroatoms. The van der Waals surface area contributed by atoms with Gasteiger partial charge < -0.3 is 0 Å². The first kappa shape index (κ1) is 12.3. The quantitative estimate of drug-likeness (QED) is 0.763. The molecule has 1 rings (SSSR count). The van der Waals surface area contributed by atoms with Gasteiger partial charge in [0.1, 0.15) is 0 Å². The molecule has 0 fully saturated rings. The Labute approximate surface area is 97.1 Å². The fourth-order valence-corrected chi connectivity index (χ4v) is 2.01. The molecule has 0 spiro atoms. The standard InChI is InChI=1S/C14H16N2/c1-3-5-12(4-2)14-7-6-11(9-15)8-13(14)10-16/h6-8,12H,3-5H2,1-2H3. The van der Waals surface area contributed by atoms with Crippen molar-refractivity contribution in [2.75, 3.05) is 0 Å². The molecule has 0 aliphatic rings. The van der Waals surface area contributed by atoms with Crippen LogP contribution in [0.1, 0.15) is 55.7 Å². The van der Waals surface area contributed by atoms with Crippen LogP contribution in [0.5, 0.6) is 0 Å². The lowest BCUT2D eigenvalue weighted by atomic mass is 9.88. The molecule has 0 heterocycles. The highest BCUT2D eigenvalue weighted by molar-refractivity contribution is 5.46. The van der Waals surface area contributed by atoms with Gasteiger partial charge in [-0.1, -0.05) is 26.3 Å². The Morgan fingerprint density at radius 1 is 1.19 bits per heavy atom. The average Bonchev–Trinajstić information content (AvgIpc) is 2.35. The van der Waals surface area contributed by atoms with Crippen LogP contribution >= 0.6 is 0 Å². The summed E-state index contributed by atoms with van der Waals surface area (Å²) in [5, 5.41) is 17.9. The first-order valence-electron chi connectivity index (χ1n) is 5.70. The van der Waals surface area contributed by atoms with E-state index in [1.54, 1.807) is 12.1 Å².